The quantitative estimate of drug-likeness (QED) is 0.407. The minimum Gasteiger partial charge on any atom is -0.479 e. The van der Waals surface area contributed by atoms with Crippen LogP contribution in [0.2, 0.25) is 5.02 Å². The van der Waals surface area contributed by atoms with Crippen LogP contribution >= 0.6 is 35.6 Å². The smallest absolute Gasteiger partial charge is 0.339 e. The number of ether oxygens (including phenoxy) is 2. The zero-order valence-corrected chi connectivity index (χ0v) is 17.7. The summed E-state index contributed by atoms with van der Waals surface area (Å²) in [6.45, 7) is 2.34. The summed E-state index contributed by atoms with van der Waals surface area (Å²) in [6.07, 6.45) is 0.0769. The Labute approximate surface area is 179 Å². The van der Waals surface area contributed by atoms with Crippen molar-refractivity contribution in [2.24, 2.45) is 0 Å². The van der Waals surface area contributed by atoms with Gasteiger partial charge >= 0.3 is 5.97 Å². The number of rotatable bonds is 8. The lowest BCUT2D eigenvalue weighted by atomic mass is 10.1. The minimum absolute atomic E-state index is 0.0894. The van der Waals surface area contributed by atoms with Gasteiger partial charge in [0.2, 0.25) is 4.38 Å². The first-order chi connectivity index (χ1) is 13.5. The summed E-state index contributed by atoms with van der Waals surface area (Å²) in [5, 5.41) is 10.1. The SMILES string of the molecule is CCOC(=S)SC(Cc1ccc(Cl)cc1)CC(C#N)OC(=O)c1ccccc1. The Morgan fingerprint density at radius 2 is 1.89 bits per heavy atom. The largest absolute Gasteiger partial charge is 0.479 e. The molecule has 2 aromatic carbocycles. The van der Waals surface area contributed by atoms with Crippen LogP contribution in [-0.4, -0.2) is 28.3 Å². The van der Waals surface area contributed by atoms with Crippen molar-refractivity contribution in [3.05, 3.63) is 70.7 Å². The second-order valence-corrected chi connectivity index (χ2v) is 8.22. The Morgan fingerprint density at radius 3 is 2.50 bits per heavy atom. The van der Waals surface area contributed by atoms with E-state index < -0.39 is 12.1 Å². The van der Waals surface area contributed by atoms with Crippen LogP contribution in [-0.2, 0) is 15.9 Å². The number of nitriles is 1. The van der Waals surface area contributed by atoms with Crippen molar-refractivity contribution in [1.29, 1.82) is 5.26 Å². The molecule has 146 valence electrons. The van der Waals surface area contributed by atoms with Crippen LogP contribution in [0.1, 0.15) is 29.3 Å². The second-order valence-electron chi connectivity index (χ2n) is 5.88. The fourth-order valence-electron chi connectivity index (χ4n) is 2.48. The van der Waals surface area contributed by atoms with Crippen LogP contribution < -0.4 is 0 Å². The minimum atomic E-state index is -0.887. The van der Waals surface area contributed by atoms with Gasteiger partial charge in [0.15, 0.2) is 6.10 Å². The summed E-state index contributed by atoms with van der Waals surface area (Å²) in [4.78, 5) is 12.3. The van der Waals surface area contributed by atoms with Gasteiger partial charge in [-0.2, -0.15) is 5.26 Å². The maximum absolute atomic E-state index is 12.3. The number of carbonyl (C=O) groups is 1. The first-order valence-electron chi connectivity index (χ1n) is 8.75. The standard InChI is InChI=1S/C21H20ClNO3S2/c1-2-25-21(27)28-19(12-15-8-10-17(22)11-9-15)13-18(14-23)26-20(24)16-6-4-3-5-7-16/h3-11,18-19H,2,12-13H2,1H3. The topological polar surface area (TPSA) is 59.3 Å². The third-order valence-electron chi connectivity index (χ3n) is 3.78. The molecule has 0 bridgehead atoms. The molecule has 0 saturated carbocycles. The van der Waals surface area contributed by atoms with E-state index >= 15 is 0 Å². The third-order valence-corrected chi connectivity index (χ3v) is 5.44. The first kappa shape index (κ1) is 22.2. The Balaban J connectivity index is 2.07. The molecule has 28 heavy (non-hydrogen) atoms. The molecule has 0 fully saturated rings. The van der Waals surface area contributed by atoms with Crippen LogP contribution in [0.15, 0.2) is 54.6 Å². The Morgan fingerprint density at radius 1 is 1.21 bits per heavy atom. The molecule has 0 amide bonds. The van der Waals surface area contributed by atoms with Gasteiger partial charge in [-0.15, -0.1) is 0 Å². The number of hydrogen-bond acceptors (Lipinski definition) is 6. The Bertz CT molecular complexity index is 822. The van der Waals surface area contributed by atoms with Gasteiger partial charge < -0.3 is 9.47 Å². The molecule has 2 rings (SSSR count). The number of carbonyl (C=O) groups excluding carboxylic acids is 1. The molecule has 0 heterocycles. The normalized spacial score (nSPS) is 12.5. The number of thioether (sulfide) groups is 1. The zero-order valence-electron chi connectivity index (χ0n) is 15.3. The average Bonchev–Trinajstić information content (AvgIpc) is 2.69. The third kappa shape index (κ3) is 7.51. The Kier molecular flexibility index (Phi) is 9.29. The molecule has 0 N–H and O–H groups in total. The van der Waals surface area contributed by atoms with E-state index in [0.29, 0.717) is 34.4 Å². The fraction of sp³-hybridized carbons (Fsp3) is 0.286. The molecule has 0 spiro atoms. The Hall–Kier alpha value is -2.07. The van der Waals surface area contributed by atoms with Gasteiger partial charge in [0.05, 0.1) is 12.2 Å². The lowest BCUT2D eigenvalue weighted by Crippen LogP contribution is -2.23. The number of esters is 1. The van der Waals surface area contributed by atoms with E-state index in [1.807, 2.05) is 37.3 Å². The molecular weight excluding hydrogens is 414 g/mol. The van der Waals surface area contributed by atoms with Gasteiger partial charge in [0, 0.05) is 16.7 Å². The van der Waals surface area contributed by atoms with E-state index in [9.17, 15) is 10.1 Å². The molecule has 7 heteroatoms. The van der Waals surface area contributed by atoms with Crippen molar-refractivity contribution in [3.63, 3.8) is 0 Å². The van der Waals surface area contributed by atoms with Gasteiger partial charge in [0.1, 0.15) is 6.07 Å². The van der Waals surface area contributed by atoms with Gasteiger partial charge in [-0.1, -0.05) is 53.7 Å². The highest BCUT2D eigenvalue weighted by atomic mass is 35.5. The van der Waals surface area contributed by atoms with Gasteiger partial charge in [-0.3, -0.25) is 0 Å². The maximum Gasteiger partial charge on any atom is 0.339 e. The average molecular weight is 434 g/mol. The van der Waals surface area contributed by atoms with E-state index in [1.54, 1.807) is 24.3 Å². The number of nitrogens with zero attached hydrogens (tertiary/aromatic N) is 1. The molecule has 0 aliphatic carbocycles. The summed E-state index contributed by atoms with van der Waals surface area (Å²) < 4.78 is 11.2. The molecule has 2 unspecified atom stereocenters. The lowest BCUT2D eigenvalue weighted by Gasteiger charge is -2.20. The van der Waals surface area contributed by atoms with E-state index in [-0.39, 0.29) is 5.25 Å². The molecule has 0 aliphatic rings. The van der Waals surface area contributed by atoms with Gasteiger partial charge in [-0.25, -0.2) is 4.79 Å². The van der Waals surface area contributed by atoms with Crippen molar-refractivity contribution >= 4 is 45.9 Å². The van der Waals surface area contributed by atoms with Crippen LogP contribution in [0.25, 0.3) is 0 Å². The predicted octanol–water partition coefficient (Wildman–Crippen LogP) is 5.44. The monoisotopic (exact) mass is 433 g/mol. The van der Waals surface area contributed by atoms with Crippen LogP contribution in [0.4, 0.5) is 0 Å². The number of hydrogen-bond donors (Lipinski definition) is 0. The highest BCUT2D eigenvalue weighted by molar-refractivity contribution is 8.23. The van der Waals surface area contributed by atoms with Crippen LogP contribution in [0, 0.1) is 11.3 Å². The van der Waals surface area contributed by atoms with E-state index in [0.717, 1.165) is 5.56 Å². The molecule has 0 aliphatic heterocycles. The van der Waals surface area contributed by atoms with Gasteiger partial charge in [-0.05, 0) is 55.4 Å². The summed E-state index contributed by atoms with van der Waals surface area (Å²) in [5.41, 5.74) is 1.46. The van der Waals surface area contributed by atoms with E-state index in [4.69, 9.17) is 33.3 Å². The van der Waals surface area contributed by atoms with E-state index in [2.05, 4.69) is 6.07 Å². The van der Waals surface area contributed by atoms with Crippen molar-refractivity contribution in [1.82, 2.24) is 0 Å². The molecular formula is C21H20ClNO3S2. The number of thiocarbonyl (C=S) groups is 1. The highest BCUT2D eigenvalue weighted by Crippen LogP contribution is 2.25. The lowest BCUT2D eigenvalue weighted by molar-refractivity contribution is 0.0393. The predicted molar refractivity (Wildman–Crippen MR) is 117 cm³/mol. The van der Waals surface area contributed by atoms with Crippen LogP contribution in [0.3, 0.4) is 0 Å². The molecule has 0 radical (unpaired) electrons. The summed E-state index contributed by atoms with van der Waals surface area (Å²) in [7, 11) is 0. The molecule has 2 atom stereocenters. The van der Waals surface area contributed by atoms with Gasteiger partial charge in [0.25, 0.3) is 0 Å². The van der Waals surface area contributed by atoms with Crippen molar-refractivity contribution < 1.29 is 14.3 Å². The summed E-state index contributed by atoms with van der Waals surface area (Å²) in [5.74, 6) is -0.519. The van der Waals surface area contributed by atoms with E-state index in [1.165, 1.54) is 11.8 Å². The fourth-order valence-corrected chi connectivity index (χ4v) is 4.14. The summed E-state index contributed by atoms with van der Waals surface area (Å²) in [6, 6.07) is 18.2. The zero-order chi connectivity index (χ0) is 20.4. The van der Waals surface area contributed by atoms with Crippen molar-refractivity contribution in [2.45, 2.75) is 31.1 Å². The molecule has 0 aromatic heterocycles. The first-order valence-corrected chi connectivity index (χ1v) is 10.4. The molecule has 4 nitrogen and oxygen atoms in total. The van der Waals surface area contributed by atoms with Crippen molar-refractivity contribution in [3.8, 4) is 6.07 Å². The summed E-state index contributed by atoms with van der Waals surface area (Å²) >= 11 is 12.6. The number of halogens is 1. The van der Waals surface area contributed by atoms with Crippen LogP contribution in [0.5, 0.6) is 0 Å². The molecule has 2 aromatic rings. The second kappa shape index (κ2) is 11.7. The highest BCUT2D eigenvalue weighted by Gasteiger charge is 2.23. The van der Waals surface area contributed by atoms with Crippen molar-refractivity contribution in [2.75, 3.05) is 6.61 Å². The number of benzene rings is 2. The maximum atomic E-state index is 12.3. The molecule has 0 saturated heterocycles.